The Hall–Kier alpha value is -3.16. The molecule has 4 heterocycles. The minimum atomic E-state index is -0.426. The first kappa shape index (κ1) is 20.7. The molecule has 0 unspecified atom stereocenters. The average Bonchev–Trinajstić information content (AvgIpc) is 3.33. The molecule has 0 bridgehead atoms. The van der Waals surface area contributed by atoms with E-state index in [1.54, 1.807) is 12.4 Å². The number of amides is 3. The lowest BCUT2D eigenvalue weighted by molar-refractivity contribution is -0.141. The van der Waals surface area contributed by atoms with Crippen molar-refractivity contribution >= 4 is 23.6 Å². The molecule has 2 spiro atoms. The molecule has 0 aliphatic carbocycles. The molecule has 1 atom stereocenters. The minimum absolute atomic E-state index is 0.0747. The summed E-state index contributed by atoms with van der Waals surface area (Å²) in [4.78, 5) is 41.5. The van der Waals surface area contributed by atoms with Gasteiger partial charge in [-0.2, -0.15) is 0 Å². The molecule has 0 saturated carbocycles. The Morgan fingerprint density at radius 2 is 1.72 bits per heavy atom. The van der Waals surface area contributed by atoms with E-state index < -0.39 is 5.41 Å². The van der Waals surface area contributed by atoms with Crippen molar-refractivity contribution in [3.8, 4) is 0 Å². The van der Waals surface area contributed by atoms with E-state index in [4.69, 9.17) is 0 Å². The van der Waals surface area contributed by atoms with Crippen LogP contribution in [-0.4, -0.2) is 71.0 Å². The number of anilines is 2. The molecule has 1 aromatic heterocycles. The summed E-state index contributed by atoms with van der Waals surface area (Å²) >= 11 is 0. The van der Waals surface area contributed by atoms with Gasteiger partial charge < -0.3 is 20.0 Å². The maximum Gasteiger partial charge on any atom is 0.321 e. The maximum atomic E-state index is 13.6. The summed E-state index contributed by atoms with van der Waals surface area (Å²) in [6.45, 7) is 6.29. The third-order valence-electron chi connectivity index (χ3n) is 7.72. The fraction of sp³-hybridized carbons (Fsp3) is 0.500. The van der Waals surface area contributed by atoms with Crippen molar-refractivity contribution in [3.05, 3.63) is 48.8 Å². The highest BCUT2D eigenvalue weighted by Gasteiger charge is 2.65. The van der Waals surface area contributed by atoms with Crippen molar-refractivity contribution < 1.29 is 9.59 Å². The van der Waals surface area contributed by atoms with Crippen molar-refractivity contribution in [3.63, 3.8) is 0 Å². The highest BCUT2D eigenvalue weighted by molar-refractivity contribution is 5.90. The topological polar surface area (TPSA) is 81.7 Å². The molecule has 8 heteroatoms. The molecule has 0 radical (unpaired) electrons. The fourth-order valence-corrected chi connectivity index (χ4v) is 5.94. The van der Waals surface area contributed by atoms with E-state index in [2.05, 4.69) is 20.2 Å². The van der Waals surface area contributed by atoms with Crippen molar-refractivity contribution in [2.75, 3.05) is 49.5 Å². The van der Waals surface area contributed by atoms with Gasteiger partial charge >= 0.3 is 6.03 Å². The minimum Gasteiger partial charge on any atom is -0.342 e. The van der Waals surface area contributed by atoms with Crippen LogP contribution in [0.15, 0.2) is 48.8 Å². The summed E-state index contributed by atoms with van der Waals surface area (Å²) in [5.41, 5.74) is 0.202. The molecule has 168 valence electrons. The number of benzene rings is 1. The van der Waals surface area contributed by atoms with E-state index in [-0.39, 0.29) is 17.4 Å². The van der Waals surface area contributed by atoms with Crippen LogP contribution in [0.3, 0.4) is 0 Å². The normalized spacial score (nSPS) is 24.5. The van der Waals surface area contributed by atoms with E-state index in [9.17, 15) is 9.59 Å². The van der Waals surface area contributed by atoms with Crippen LogP contribution in [0.25, 0.3) is 0 Å². The van der Waals surface area contributed by atoms with E-state index in [1.807, 2.05) is 53.1 Å². The molecule has 3 saturated heterocycles. The molecule has 3 amide bonds. The van der Waals surface area contributed by atoms with Gasteiger partial charge in [-0.3, -0.25) is 4.79 Å². The van der Waals surface area contributed by atoms with Gasteiger partial charge in [-0.25, -0.2) is 14.8 Å². The fourth-order valence-electron chi connectivity index (χ4n) is 5.94. The first-order valence-corrected chi connectivity index (χ1v) is 11.5. The van der Waals surface area contributed by atoms with E-state index in [0.717, 1.165) is 44.6 Å². The number of carbonyl (C=O) groups excluding carboxylic acids is 2. The SMILES string of the molecule is CCN1CC[C@]2(CN(c3ncccn3)CC23CCN(C(=O)Nc2ccccc2)CC3)C1=O. The molecule has 3 fully saturated rings. The van der Waals surface area contributed by atoms with Gasteiger partial charge in [0, 0.05) is 62.8 Å². The van der Waals surface area contributed by atoms with Crippen molar-refractivity contribution in [2.45, 2.75) is 26.2 Å². The number of aromatic nitrogens is 2. The predicted molar refractivity (Wildman–Crippen MR) is 122 cm³/mol. The number of nitrogens with zero attached hydrogens (tertiary/aromatic N) is 5. The molecule has 8 nitrogen and oxygen atoms in total. The number of piperidine rings is 1. The summed E-state index contributed by atoms with van der Waals surface area (Å²) in [5.74, 6) is 0.955. The number of fused-ring (bicyclic) bond motifs is 1. The number of nitrogens with one attached hydrogen (secondary N) is 1. The van der Waals surface area contributed by atoms with Gasteiger partial charge in [-0.05, 0) is 44.4 Å². The largest absolute Gasteiger partial charge is 0.342 e. The van der Waals surface area contributed by atoms with Gasteiger partial charge in [0.1, 0.15) is 0 Å². The second-order valence-electron chi connectivity index (χ2n) is 9.19. The molecule has 2 aromatic rings. The van der Waals surface area contributed by atoms with Crippen LogP contribution in [-0.2, 0) is 4.79 Å². The van der Waals surface area contributed by atoms with Crippen LogP contribution in [0.1, 0.15) is 26.2 Å². The molecule has 1 aromatic carbocycles. The Bertz CT molecular complexity index is 976. The number of hydrogen-bond donors (Lipinski definition) is 1. The molecular formula is C24H30N6O2. The number of carbonyl (C=O) groups is 2. The number of para-hydroxylation sites is 1. The van der Waals surface area contributed by atoms with Crippen molar-refractivity contribution in [1.29, 1.82) is 0 Å². The first-order chi connectivity index (χ1) is 15.6. The van der Waals surface area contributed by atoms with Crippen LogP contribution in [0.4, 0.5) is 16.4 Å². The van der Waals surface area contributed by atoms with E-state index in [1.165, 1.54) is 0 Å². The number of rotatable bonds is 3. The molecule has 3 aliphatic heterocycles. The smallest absolute Gasteiger partial charge is 0.321 e. The summed E-state index contributed by atoms with van der Waals surface area (Å²) in [7, 11) is 0. The summed E-state index contributed by atoms with van der Waals surface area (Å²) < 4.78 is 0. The van der Waals surface area contributed by atoms with Crippen LogP contribution in [0.5, 0.6) is 0 Å². The lowest BCUT2D eigenvalue weighted by Crippen LogP contribution is -2.54. The Balaban J connectivity index is 1.37. The van der Waals surface area contributed by atoms with Gasteiger partial charge in [-0.1, -0.05) is 18.2 Å². The first-order valence-electron chi connectivity index (χ1n) is 11.5. The zero-order valence-electron chi connectivity index (χ0n) is 18.5. The van der Waals surface area contributed by atoms with Gasteiger partial charge in [0.25, 0.3) is 0 Å². The quantitative estimate of drug-likeness (QED) is 0.803. The Kier molecular flexibility index (Phi) is 5.23. The third-order valence-corrected chi connectivity index (χ3v) is 7.72. The molecule has 3 aliphatic rings. The predicted octanol–water partition coefficient (Wildman–Crippen LogP) is 2.85. The van der Waals surface area contributed by atoms with Gasteiger partial charge in [0.2, 0.25) is 11.9 Å². The van der Waals surface area contributed by atoms with Crippen LogP contribution >= 0.6 is 0 Å². The summed E-state index contributed by atoms with van der Waals surface area (Å²) in [6, 6.07) is 11.3. The standard InChI is InChI=1S/C24H30N6O2/c1-2-28-16-11-24(20(28)31)18-30(21-25-12-6-13-26-21)17-23(24)9-14-29(15-10-23)22(32)27-19-7-4-3-5-8-19/h3-8,12-13H,2,9-11,14-18H2,1H3,(H,27,32)/t24-/m0/s1. The van der Waals surface area contributed by atoms with Gasteiger partial charge in [-0.15, -0.1) is 0 Å². The maximum absolute atomic E-state index is 13.6. The summed E-state index contributed by atoms with van der Waals surface area (Å²) in [6.07, 6.45) is 5.99. The molecule has 5 rings (SSSR count). The lowest BCUT2D eigenvalue weighted by atomic mass is 9.60. The Labute approximate surface area is 188 Å². The Morgan fingerprint density at radius 1 is 1.00 bits per heavy atom. The highest BCUT2D eigenvalue weighted by Crippen LogP contribution is 2.58. The average molecular weight is 435 g/mol. The van der Waals surface area contributed by atoms with Gasteiger partial charge in [0.15, 0.2) is 0 Å². The zero-order valence-corrected chi connectivity index (χ0v) is 18.5. The highest BCUT2D eigenvalue weighted by atomic mass is 16.2. The van der Waals surface area contributed by atoms with Crippen LogP contribution < -0.4 is 10.2 Å². The second kappa shape index (κ2) is 8.07. The molecular weight excluding hydrogens is 404 g/mol. The lowest BCUT2D eigenvalue weighted by Gasteiger charge is -2.46. The zero-order chi connectivity index (χ0) is 22.2. The van der Waals surface area contributed by atoms with E-state index >= 15 is 0 Å². The Morgan fingerprint density at radius 3 is 2.38 bits per heavy atom. The molecule has 1 N–H and O–H groups in total. The van der Waals surface area contributed by atoms with Crippen molar-refractivity contribution in [2.24, 2.45) is 10.8 Å². The number of urea groups is 1. The number of hydrogen-bond acceptors (Lipinski definition) is 5. The number of likely N-dealkylation sites (tertiary alicyclic amines) is 2. The summed E-state index contributed by atoms with van der Waals surface area (Å²) in [5, 5.41) is 2.99. The second-order valence-corrected chi connectivity index (χ2v) is 9.19. The van der Waals surface area contributed by atoms with Gasteiger partial charge in [0.05, 0.1) is 5.41 Å². The van der Waals surface area contributed by atoms with Crippen LogP contribution in [0.2, 0.25) is 0 Å². The van der Waals surface area contributed by atoms with Crippen LogP contribution in [0, 0.1) is 10.8 Å². The molecule has 32 heavy (non-hydrogen) atoms. The third kappa shape index (κ3) is 3.29. The van der Waals surface area contributed by atoms with E-state index in [0.29, 0.717) is 25.6 Å². The van der Waals surface area contributed by atoms with Crippen molar-refractivity contribution in [1.82, 2.24) is 19.8 Å². The monoisotopic (exact) mass is 434 g/mol.